The molecule has 0 saturated heterocycles. The Morgan fingerprint density at radius 3 is 2.37 bits per heavy atom. The summed E-state index contributed by atoms with van der Waals surface area (Å²) in [7, 11) is 1.57. The minimum absolute atomic E-state index is 0.251. The number of nitrogens with zero attached hydrogens (tertiary/aromatic N) is 1. The van der Waals surface area contributed by atoms with Gasteiger partial charge in [0.05, 0.1) is 7.11 Å². The number of para-hydroxylation sites is 1. The third-order valence-electron chi connectivity index (χ3n) is 3.60. The van der Waals surface area contributed by atoms with Gasteiger partial charge in [-0.05, 0) is 17.2 Å². The number of phenols is 1. The number of hydrogen-bond acceptors (Lipinski definition) is 3. The Hall–Kier alpha value is -2.00. The molecule has 0 fully saturated rings. The van der Waals surface area contributed by atoms with Gasteiger partial charge in [-0.3, -0.25) is 4.90 Å². The van der Waals surface area contributed by atoms with Gasteiger partial charge in [0.15, 0.2) is 11.5 Å². The van der Waals surface area contributed by atoms with Crippen molar-refractivity contribution in [3.63, 3.8) is 0 Å². The predicted molar refractivity (Wildman–Crippen MR) is 74.1 cm³/mol. The number of rotatable bonds is 3. The SMILES string of the molecule is COc1cccc(CN2Cc3ccccc3C2)c1O. The van der Waals surface area contributed by atoms with E-state index in [1.54, 1.807) is 13.2 Å². The van der Waals surface area contributed by atoms with Crippen LogP contribution >= 0.6 is 0 Å². The molecular formula is C16H17NO2. The molecule has 98 valence electrons. The lowest BCUT2D eigenvalue weighted by molar-refractivity contribution is 0.269. The fourth-order valence-electron chi connectivity index (χ4n) is 2.62. The minimum Gasteiger partial charge on any atom is -0.504 e. The van der Waals surface area contributed by atoms with Crippen LogP contribution < -0.4 is 4.74 Å². The first-order valence-corrected chi connectivity index (χ1v) is 6.42. The summed E-state index contributed by atoms with van der Waals surface area (Å²) in [6, 6.07) is 14.1. The van der Waals surface area contributed by atoms with E-state index in [0.717, 1.165) is 25.2 Å². The molecule has 1 aliphatic heterocycles. The molecule has 1 N–H and O–H groups in total. The summed E-state index contributed by atoms with van der Waals surface area (Å²) in [4.78, 5) is 2.32. The van der Waals surface area contributed by atoms with Gasteiger partial charge in [0, 0.05) is 25.2 Å². The lowest BCUT2D eigenvalue weighted by Crippen LogP contribution is -2.15. The van der Waals surface area contributed by atoms with Crippen LogP contribution in [0.1, 0.15) is 16.7 Å². The Kier molecular flexibility index (Phi) is 3.13. The van der Waals surface area contributed by atoms with Crippen molar-refractivity contribution in [3.05, 3.63) is 59.2 Å². The summed E-state index contributed by atoms with van der Waals surface area (Å²) in [6.45, 7) is 2.61. The third kappa shape index (κ3) is 2.29. The van der Waals surface area contributed by atoms with Crippen LogP contribution in [0, 0.1) is 0 Å². The van der Waals surface area contributed by atoms with Gasteiger partial charge in [0.25, 0.3) is 0 Å². The molecule has 3 rings (SSSR count). The molecule has 2 aromatic rings. The van der Waals surface area contributed by atoms with Crippen LogP contribution in [0.5, 0.6) is 11.5 Å². The highest BCUT2D eigenvalue weighted by Crippen LogP contribution is 2.32. The zero-order chi connectivity index (χ0) is 13.2. The number of fused-ring (bicyclic) bond motifs is 1. The van der Waals surface area contributed by atoms with Gasteiger partial charge >= 0.3 is 0 Å². The molecule has 0 spiro atoms. The van der Waals surface area contributed by atoms with E-state index < -0.39 is 0 Å². The molecule has 0 saturated carbocycles. The fraction of sp³-hybridized carbons (Fsp3) is 0.250. The second-order valence-electron chi connectivity index (χ2n) is 4.88. The second-order valence-corrected chi connectivity index (χ2v) is 4.88. The molecule has 0 aliphatic carbocycles. The highest BCUT2D eigenvalue weighted by Gasteiger charge is 2.19. The first-order valence-electron chi connectivity index (χ1n) is 6.42. The molecule has 3 heteroatoms. The Bertz CT molecular complexity index is 570. The Labute approximate surface area is 113 Å². The van der Waals surface area contributed by atoms with Crippen molar-refractivity contribution >= 4 is 0 Å². The minimum atomic E-state index is 0.251. The van der Waals surface area contributed by atoms with E-state index in [4.69, 9.17) is 4.74 Å². The summed E-state index contributed by atoms with van der Waals surface area (Å²) in [5, 5.41) is 10.1. The van der Waals surface area contributed by atoms with E-state index in [-0.39, 0.29) is 5.75 Å². The Morgan fingerprint density at radius 1 is 1.05 bits per heavy atom. The lowest BCUT2D eigenvalue weighted by atomic mass is 10.1. The van der Waals surface area contributed by atoms with Gasteiger partial charge < -0.3 is 9.84 Å². The van der Waals surface area contributed by atoms with Crippen LogP contribution in [0.4, 0.5) is 0 Å². The van der Waals surface area contributed by atoms with Gasteiger partial charge in [-0.25, -0.2) is 0 Å². The summed E-state index contributed by atoms with van der Waals surface area (Å²) in [6.07, 6.45) is 0. The highest BCUT2D eigenvalue weighted by molar-refractivity contribution is 5.45. The summed E-state index contributed by atoms with van der Waals surface area (Å²) in [5.74, 6) is 0.787. The molecule has 1 aliphatic rings. The van der Waals surface area contributed by atoms with Crippen LogP contribution in [0.2, 0.25) is 0 Å². The highest BCUT2D eigenvalue weighted by atomic mass is 16.5. The Morgan fingerprint density at radius 2 is 1.74 bits per heavy atom. The Balaban J connectivity index is 1.78. The molecule has 0 atom stereocenters. The standard InChI is InChI=1S/C16H17NO2/c1-19-15-8-4-7-14(16(15)18)11-17-9-12-5-2-3-6-13(12)10-17/h2-8,18H,9-11H2,1H3. The molecule has 3 nitrogen and oxygen atoms in total. The fourth-order valence-corrected chi connectivity index (χ4v) is 2.62. The number of hydrogen-bond donors (Lipinski definition) is 1. The molecule has 0 radical (unpaired) electrons. The molecular weight excluding hydrogens is 238 g/mol. The number of aromatic hydroxyl groups is 1. The largest absolute Gasteiger partial charge is 0.504 e. The summed E-state index contributed by atoms with van der Waals surface area (Å²) in [5.41, 5.74) is 3.67. The van der Waals surface area contributed by atoms with Crippen molar-refractivity contribution in [2.75, 3.05) is 7.11 Å². The molecule has 2 aromatic carbocycles. The molecule has 0 bridgehead atoms. The lowest BCUT2D eigenvalue weighted by Gasteiger charge is -2.16. The quantitative estimate of drug-likeness (QED) is 0.915. The van der Waals surface area contributed by atoms with Crippen molar-refractivity contribution < 1.29 is 9.84 Å². The van der Waals surface area contributed by atoms with E-state index in [1.165, 1.54) is 11.1 Å². The molecule has 0 unspecified atom stereocenters. The van der Waals surface area contributed by atoms with E-state index in [2.05, 4.69) is 29.2 Å². The zero-order valence-electron chi connectivity index (χ0n) is 11.0. The van der Waals surface area contributed by atoms with Crippen molar-refractivity contribution in [2.45, 2.75) is 19.6 Å². The van der Waals surface area contributed by atoms with E-state index in [9.17, 15) is 5.11 Å². The van der Waals surface area contributed by atoms with Crippen LogP contribution in [0.3, 0.4) is 0 Å². The van der Waals surface area contributed by atoms with E-state index in [1.807, 2.05) is 12.1 Å². The number of methoxy groups -OCH3 is 1. The van der Waals surface area contributed by atoms with Gasteiger partial charge in [-0.2, -0.15) is 0 Å². The zero-order valence-corrected chi connectivity index (χ0v) is 11.0. The molecule has 19 heavy (non-hydrogen) atoms. The molecule has 1 heterocycles. The first-order chi connectivity index (χ1) is 9.28. The topological polar surface area (TPSA) is 32.7 Å². The van der Waals surface area contributed by atoms with Crippen molar-refractivity contribution in [1.29, 1.82) is 0 Å². The monoisotopic (exact) mass is 255 g/mol. The second kappa shape index (κ2) is 4.94. The van der Waals surface area contributed by atoms with E-state index >= 15 is 0 Å². The number of phenolic OH excluding ortho intramolecular Hbond substituents is 1. The maximum Gasteiger partial charge on any atom is 0.162 e. The number of ether oxygens (including phenoxy) is 1. The number of benzene rings is 2. The summed E-state index contributed by atoms with van der Waals surface area (Å²) >= 11 is 0. The molecule has 0 amide bonds. The average Bonchev–Trinajstić information content (AvgIpc) is 2.83. The normalized spacial score (nSPS) is 14.4. The summed E-state index contributed by atoms with van der Waals surface area (Å²) < 4.78 is 5.14. The van der Waals surface area contributed by atoms with Crippen LogP contribution in [0.25, 0.3) is 0 Å². The van der Waals surface area contributed by atoms with Gasteiger partial charge in [0.2, 0.25) is 0 Å². The van der Waals surface area contributed by atoms with Gasteiger partial charge in [0.1, 0.15) is 0 Å². The molecule has 0 aromatic heterocycles. The van der Waals surface area contributed by atoms with E-state index in [0.29, 0.717) is 5.75 Å². The maximum atomic E-state index is 10.1. The van der Waals surface area contributed by atoms with Crippen LogP contribution in [-0.2, 0) is 19.6 Å². The van der Waals surface area contributed by atoms with Gasteiger partial charge in [-0.1, -0.05) is 36.4 Å². The van der Waals surface area contributed by atoms with Crippen LogP contribution in [-0.4, -0.2) is 17.1 Å². The smallest absolute Gasteiger partial charge is 0.162 e. The van der Waals surface area contributed by atoms with Crippen molar-refractivity contribution in [3.8, 4) is 11.5 Å². The van der Waals surface area contributed by atoms with Crippen molar-refractivity contribution in [2.24, 2.45) is 0 Å². The average molecular weight is 255 g/mol. The third-order valence-corrected chi connectivity index (χ3v) is 3.60. The maximum absolute atomic E-state index is 10.1. The van der Waals surface area contributed by atoms with Crippen molar-refractivity contribution in [1.82, 2.24) is 4.90 Å². The van der Waals surface area contributed by atoms with Gasteiger partial charge in [-0.15, -0.1) is 0 Å². The predicted octanol–water partition coefficient (Wildman–Crippen LogP) is 2.92. The van der Waals surface area contributed by atoms with Crippen LogP contribution in [0.15, 0.2) is 42.5 Å². The first kappa shape index (κ1) is 12.1.